The third kappa shape index (κ3) is 1.84. The van der Waals surface area contributed by atoms with Crippen molar-refractivity contribution in [3.63, 3.8) is 0 Å². The second kappa shape index (κ2) is 4.63. The Morgan fingerprint density at radius 3 is 2.55 bits per heavy atom. The molecule has 0 radical (unpaired) electrons. The number of fused-ring (bicyclic) bond motifs is 1. The highest BCUT2D eigenvalue weighted by Gasteiger charge is 2.19. The maximum atomic E-state index is 14.2. The molecule has 2 aromatic carbocycles. The number of benzene rings is 2. The van der Waals surface area contributed by atoms with Crippen LogP contribution in [-0.4, -0.2) is 9.55 Å². The molecule has 0 aliphatic carbocycles. The Morgan fingerprint density at radius 2 is 1.85 bits per heavy atom. The van der Waals surface area contributed by atoms with E-state index in [-0.39, 0.29) is 11.9 Å². The van der Waals surface area contributed by atoms with Gasteiger partial charge >= 0.3 is 0 Å². The van der Waals surface area contributed by atoms with E-state index < -0.39 is 0 Å². The van der Waals surface area contributed by atoms with Gasteiger partial charge in [0.05, 0.1) is 16.6 Å². The summed E-state index contributed by atoms with van der Waals surface area (Å²) in [5.41, 5.74) is 8.56. The Labute approximate surface area is 116 Å². The molecule has 0 amide bonds. The van der Waals surface area contributed by atoms with E-state index in [1.807, 2.05) is 28.8 Å². The number of aromatic nitrogens is 2. The maximum absolute atomic E-state index is 14.2. The van der Waals surface area contributed by atoms with E-state index in [1.165, 1.54) is 6.07 Å². The minimum atomic E-state index is -0.345. The van der Waals surface area contributed by atoms with Gasteiger partial charge in [0.25, 0.3) is 0 Å². The highest BCUT2D eigenvalue weighted by Crippen LogP contribution is 2.33. The summed E-state index contributed by atoms with van der Waals surface area (Å²) in [6.45, 7) is 4.10. The molecule has 0 saturated heterocycles. The second-order valence-corrected chi connectivity index (χ2v) is 5.09. The van der Waals surface area contributed by atoms with Crippen LogP contribution in [0.15, 0.2) is 42.5 Å². The average molecular weight is 269 g/mol. The summed E-state index contributed by atoms with van der Waals surface area (Å²) >= 11 is 0. The van der Waals surface area contributed by atoms with Gasteiger partial charge in [-0.25, -0.2) is 9.37 Å². The Kier molecular flexibility index (Phi) is 2.93. The zero-order chi connectivity index (χ0) is 14.3. The number of hydrogen-bond donors (Lipinski definition) is 1. The van der Waals surface area contributed by atoms with Gasteiger partial charge in [-0.1, -0.05) is 18.2 Å². The standard InChI is InChI=1S/C16H16FN3/c1-10(2)20-14-9-4-3-8-13(14)19-16(20)15-11(17)6-5-7-12(15)18/h3-10H,18H2,1-2H3. The Balaban J connectivity index is 2.39. The fourth-order valence-corrected chi connectivity index (χ4v) is 2.52. The van der Waals surface area contributed by atoms with Crippen LogP contribution in [0.25, 0.3) is 22.4 Å². The van der Waals surface area contributed by atoms with Crippen molar-refractivity contribution >= 4 is 16.7 Å². The number of rotatable bonds is 2. The maximum Gasteiger partial charge on any atom is 0.146 e. The minimum Gasteiger partial charge on any atom is -0.398 e. The second-order valence-electron chi connectivity index (χ2n) is 5.09. The van der Waals surface area contributed by atoms with E-state index in [0.29, 0.717) is 17.1 Å². The zero-order valence-electron chi connectivity index (χ0n) is 11.5. The van der Waals surface area contributed by atoms with Crippen molar-refractivity contribution in [3.8, 4) is 11.4 Å². The van der Waals surface area contributed by atoms with Gasteiger partial charge in [-0.2, -0.15) is 0 Å². The largest absolute Gasteiger partial charge is 0.398 e. The van der Waals surface area contributed by atoms with Crippen molar-refractivity contribution in [2.45, 2.75) is 19.9 Å². The SMILES string of the molecule is CC(C)n1c(-c2c(N)cccc2F)nc2ccccc21. The van der Waals surface area contributed by atoms with Gasteiger partial charge in [0.2, 0.25) is 0 Å². The Hall–Kier alpha value is -2.36. The van der Waals surface area contributed by atoms with Gasteiger partial charge in [-0.3, -0.25) is 0 Å². The predicted octanol–water partition coefficient (Wildman–Crippen LogP) is 4.01. The Bertz CT molecular complexity index is 754. The molecule has 3 aromatic rings. The van der Waals surface area contributed by atoms with E-state index in [0.717, 1.165) is 11.0 Å². The number of imidazole rings is 1. The average Bonchev–Trinajstić information content (AvgIpc) is 2.77. The van der Waals surface area contributed by atoms with Crippen LogP contribution >= 0.6 is 0 Å². The lowest BCUT2D eigenvalue weighted by Crippen LogP contribution is -2.05. The van der Waals surface area contributed by atoms with Crippen LogP contribution in [0.1, 0.15) is 19.9 Å². The molecule has 0 atom stereocenters. The van der Waals surface area contributed by atoms with Crippen LogP contribution in [-0.2, 0) is 0 Å². The molecule has 1 aromatic heterocycles. The summed E-state index contributed by atoms with van der Waals surface area (Å²) < 4.78 is 16.2. The summed E-state index contributed by atoms with van der Waals surface area (Å²) in [5, 5.41) is 0. The number of nitrogen functional groups attached to an aromatic ring is 1. The lowest BCUT2D eigenvalue weighted by molar-refractivity contribution is 0.608. The van der Waals surface area contributed by atoms with E-state index >= 15 is 0 Å². The smallest absolute Gasteiger partial charge is 0.146 e. The third-order valence-corrected chi connectivity index (χ3v) is 3.38. The van der Waals surface area contributed by atoms with Crippen LogP contribution < -0.4 is 5.73 Å². The summed E-state index contributed by atoms with van der Waals surface area (Å²) in [7, 11) is 0. The first-order chi connectivity index (χ1) is 9.59. The van der Waals surface area contributed by atoms with E-state index in [2.05, 4.69) is 18.8 Å². The fourth-order valence-electron chi connectivity index (χ4n) is 2.52. The van der Waals surface area contributed by atoms with Gasteiger partial charge in [0.1, 0.15) is 11.6 Å². The number of anilines is 1. The molecular formula is C16H16FN3. The Morgan fingerprint density at radius 1 is 1.10 bits per heavy atom. The monoisotopic (exact) mass is 269 g/mol. The number of nitrogens with two attached hydrogens (primary N) is 1. The summed E-state index contributed by atoms with van der Waals surface area (Å²) in [6, 6.07) is 12.7. The molecule has 0 spiro atoms. The van der Waals surface area contributed by atoms with Crippen LogP contribution in [0.4, 0.5) is 10.1 Å². The van der Waals surface area contributed by atoms with Crippen molar-refractivity contribution in [2.24, 2.45) is 0 Å². The number of hydrogen-bond acceptors (Lipinski definition) is 2. The quantitative estimate of drug-likeness (QED) is 0.714. The lowest BCUT2D eigenvalue weighted by atomic mass is 10.1. The van der Waals surface area contributed by atoms with Crippen LogP contribution in [0, 0.1) is 5.82 Å². The van der Waals surface area contributed by atoms with Gasteiger partial charge in [-0.05, 0) is 38.1 Å². The molecule has 0 bridgehead atoms. The molecule has 0 aliphatic heterocycles. The van der Waals surface area contributed by atoms with Gasteiger partial charge < -0.3 is 10.3 Å². The van der Waals surface area contributed by atoms with E-state index in [9.17, 15) is 4.39 Å². The molecule has 2 N–H and O–H groups in total. The van der Waals surface area contributed by atoms with E-state index in [1.54, 1.807) is 12.1 Å². The predicted molar refractivity (Wildman–Crippen MR) is 79.9 cm³/mol. The van der Waals surface area contributed by atoms with Gasteiger partial charge in [0, 0.05) is 11.7 Å². The zero-order valence-corrected chi connectivity index (χ0v) is 11.5. The molecule has 4 heteroatoms. The molecule has 3 rings (SSSR count). The first kappa shape index (κ1) is 12.7. The molecule has 3 nitrogen and oxygen atoms in total. The van der Waals surface area contributed by atoms with Crippen molar-refractivity contribution in [3.05, 3.63) is 48.3 Å². The van der Waals surface area contributed by atoms with E-state index in [4.69, 9.17) is 5.73 Å². The van der Waals surface area contributed by atoms with Gasteiger partial charge in [0.15, 0.2) is 0 Å². The summed E-state index contributed by atoms with van der Waals surface area (Å²) in [6.07, 6.45) is 0. The van der Waals surface area contributed by atoms with Crippen molar-refractivity contribution in [1.82, 2.24) is 9.55 Å². The highest BCUT2D eigenvalue weighted by atomic mass is 19.1. The molecule has 0 unspecified atom stereocenters. The van der Waals surface area contributed by atoms with Crippen molar-refractivity contribution < 1.29 is 4.39 Å². The van der Waals surface area contributed by atoms with Crippen molar-refractivity contribution in [1.29, 1.82) is 0 Å². The normalized spacial score (nSPS) is 11.4. The molecule has 0 saturated carbocycles. The molecule has 0 fully saturated rings. The molecule has 20 heavy (non-hydrogen) atoms. The summed E-state index contributed by atoms with van der Waals surface area (Å²) in [4.78, 5) is 4.57. The topological polar surface area (TPSA) is 43.8 Å². The van der Waals surface area contributed by atoms with Crippen LogP contribution in [0.2, 0.25) is 0 Å². The van der Waals surface area contributed by atoms with Crippen molar-refractivity contribution in [2.75, 3.05) is 5.73 Å². The molecule has 1 heterocycles. The molecule has 0 aliphatic rings. The fraction of sp³-hybridized carbons (Fsp3) is 0.188. The highest BCUT2D eigenvalue weighted by molar-refractivity contribution is 5.84. The number of nitrogens with zero attached hydrogens (tertiary/aromatic N) is 2. The van der Waals surface area contributed by atoms with Crippen LogP contribution in [0.3, 0.4) is 0 Å². The number of para-hydroxylation sites is 2. The van der Waals surface area contributed by atoms with Crippen LogP contribution in [0.5, 0.6) is 0 Å². The number of halogens is 1. The molecule has 102 valence electrons. The minimum absolute atomic E-state index is 0.163. The lowest BCUT2D eigenvalue weighted by Gasteiger charge is -2.14. The third-order valence-electron chi connectivity index (χ3n) is 3.38. The summed E-state index contributed by atoms with van der Waals surface area (Å²) in [5.74, 6) is 0.235. The first-order valence-electron chi connectivity index (χ1n) is 6.61. The molecular weight excluding hydrogens is 253 g/mol. The van der Waals surface area contributed by atoms with Gasteiger partial charge in [-0.15, -0.1) is 0 Å². The first-order valence-corrected chi connectivity index (χ1v) is 6.61.